The minimum atomic E-state index is -0.266. The summed E-state index contributed by atoms with van der Waals surface area (Å²) in [5, 5.41) is 0. The van der Waals surface area contributed by atoms with Crippen LogP contribution in [0, 0.1) is 22.6 Å². The van der Waals surface area contributed by atoms with Crippen molar-refractivity contribution >= 4 is 0 Å². The lowest BCUT2D eigenvalue weighted by atomic mass is 9.96. The molecule has 2 rings (SSSR count). The number of hydrogen-bond donors (Lipinski definition) is 1. The Bertz CT molecular complexity index is 454. The summed E-state index contributed by atoms with van der Waals surface area (Å²) in [6.07, 6.45) is 0. The highest BCUT2D eigenvalue weighted by molar-refractivity contribution is 5.39. The normalized spacial score (nSPS) is 22.6. The van der Waals surface area contributed by atoms with Crippen LogP contribution in [0.2, 0.25) is 0 Å². The first-order chi connectivity index (χ1) is 8.23. The van der Waals surface area contributed by atoms with E-state index in [0.29, 0.717) is 11.7 Å². The van der Waals surface area contributed by atoms with Crippen LogP contribution in [-0.2, 0) is 0 Å². The predicted octanol–water partition coefficient (Wildman–Crippen LogP) is 3.52. The lowest BCUT2D eigenvalue weighted by Crippen LogP contribution is -2.17. The zero-order chi connectivity index (χ0) is 13.7. The second-order valence-corrected chi connectivity index (χ2v) is 6.33. The van der Waals surface area contributed by atoms with E-state index in [1.807, 2.05) is 0 Å². The van der Waals surface area contributed by atoms with Gasteiger partial charge >= 0.3 is 0 Å². The molecule has 1 atom stereocenters. The van der Waals surface area contributed by atoms with E-state index in [1.165, 1.54) is 12.1 Å². The molecule has 0 radical (unpaired) electrons. The van der Waals surface area contributed by atoms with Gasteiger partial charge < -0.3 is 10.5 Å². The molecule has 100 valence electrons. The predicted molar refractivity (Wildman–Crippen MR) is 70.9 cm³/mol. The molecule has 1 aliphatic rings. The number of benzene rings is 1. The second kappa shape index (κ2) is 3.95. The second-order valence-electron chi connectivity index (χ2n) is 6.33. The first-order valence-electron chi connectivity index (χ1n) is 6.32. The standard InChI is InChI=1S/C15H22FNO/c1-14(2)13(15(14,3)4)12(17)10-8-9(16)6-7-11(10)18-5/h6-8,12-13H,17H2,1-5H3. The third-order valence-electron chi connectivity index (χ3n) is 5.04. The van der Waals surface area contributed by atoms with Crippen molar-refractivity contribution in [1.29, 1.82) is 0 Å². The van der Waals surface area contributed by atoms with Crippen LogP contribution < -0.4 is 10.5 Å². The maximum atomic E-state index is 13.4. The van der Waals surface area contributed by atoms with E-state index in [1.54, 1.807) is 13.2 Å². The summed E-state index contributed by atoms with van der Waals surface area (Å²) in [5.74, 6) is 0.737. The number of hydrogen-bond acceptors (Lipinski definition) is 2. The molecule has 1 aliphatic carbocycles. The van der Waals surface area contributed by atoms with Crippen molar-refractivity contribution in [1.82, 2.24) is 0 Å². The van der Waals surface area contributed by atoms with E-state index in [4.69, 9.17) is 10.5 Å². The van der Waals surface area contributed by atoms with Crippen molar-refractivity contribution in [3.63, 3.8) is 0 Å². The van der Waals surface area contributed by atoms with Gasteiger partial charge in [0.05, 0.1) is 7.11 Å². The topological polar surface area (TPSA) is 35.2 Å². The Morgan fingerprint density at radius 1 is 1.22 bits per heavy atom. The van der Waals surface area contributed by atoms with E-state index < -0.39 is 0 Å². The van der Waals surface area contributed by atoms with Crippen LogP contribution in [0.15, 0.2) is 18.2 Å². The Labute approximate surface area is 108 Å². The molecule has 0 bridgehead atoms. The van der Waals surface area contributed by atoms with Crippen LogP contribution in [0.25, 0.3) is 0 Å². The Morgan fingerprint density at radius 2 is 1.78 bits per heavy atom. The average Bonchev–Trinajstić information content (AvgIpc) is 2.68. The van der Waals surface area contributed by atoms with Crippen LogP contribution in [0.1, 0.15) is 39.3 Å². The van der Waals surface area contributed by atoms with E-state index in [9.17, 15) is 4.39 Å². The van der Waals surface area contributed by atoms with Gasteiger partial charge in [0.1, 0.15) is 11.6 Å². The number of halogens is 1. The van der Waals surface area contributed by atoms with Crippen LogP contribution >= 0.6 is 0 Å². The molecule has 3 heteroatoms. The molecule has 0 spiro atoms. The van der Waals surface area contributed by atoms with Gasteiger partial charge in [0.2, 0.25) is 0 Å². The highest BCUT2D eigenvalue weighted by Crippen LogP contribution is 2.72. The Kier molecular flexibility index (Phi) is 2.93. The highest BCUT2D eigenvalue weighted by atomic mass is 19.1. The molecular weight excluding hydrogens is 229 g/mol. The summed E-state index contributed by atoms with van der Waals surface area (Å²) in [4.78, 5) is 0. The van der Waals surface area contributed by atoms with Crippen molar-refractivity contribution < 1.29 is 9.13 Å². The molecule has 0 aromatic heterocycles. The lowest BCUT2D eigenvalue weighted by molar-refractivity contribution is 0.394. The number of methoxy groups -OCH3 is 1. The molecule has 1 aromatic rings. The van der Waals surface area contributed by atoms with Crippen molar-refractivity contribution in [2.75, 3.05) is 7.11 Å². The summed E-state index contributed by atoms with van der Waals surface area (Å²) in [5.41, 5.74) is 7.46. The van der Waals surface area contributed by atoms with Gasteiger partial charge in [0.15, 0.2) is 0 Å². The fraction of sp³-hybridized carbons (Fsp3) is 0.600. The van der Waals surface area contributed by atoms with Gasteiger partial charge in [-0.1, -0.05) is 27.7 Å². The minimum Gasteiger partial charge on any atom is -0.496 e. The monoisotopic (exact) mass is 251 g/mol. The van der Waals surface area contributed by atoms with E-state index in [2.05, 4.69) is 27.7 Å². The van der Waals surface area contributed by atoms with Crippen LogP contribution in [-0.4, -0.2) is 7.11 Å². The molecule has 1 unspecified atom stereocenters. The van der Waals surface area contributed by atoms with Crippen LogP contribution in [0.4, 0.5) is 4.39 Å². The molecule has 0 amide bonds. The van der Waals surface area contributed by atoms with Crippen LogP contribution in [0.5, 0.6) is 5.75 Å². The third kappa shape index (κ3) is 1.72. The third-order valence-corrected chi connectivity index (χ3v) is 5.04. The molecule has 2 nitrogen and oxygen atoms in total. The quantitative estimate of drug-likeness (QED) is 0.892. The van der Waals surface area contributed by atoms with Gasteiger partial charge in [-0.25, -0.2) is 4.39 Å². The van der Waals surface area contributed by atoms with Crippen LogP contribution in [0.3, 0.4) is 0 Å². The minimum absolute atomic E-state index is 0.170. The molecule has 1 fully saturated rings. The van der Waals surface area contributed by atoms with Crippen molar-refractivity contribution in [3.05, 3.63) is 29.6 Å². The van der Waals surface area contributed by atoms with Gasteiger partial charge in [-0.2, -0.15) is 0 Å². The summed E-state index contributed by atoms with van der Waals surface area (Å²) < 4.78 is 18.7. The summed E-state index contributed by atoms with van der Waals surface area (Å²) >= 11 is 0. The van der Waals surface area contributed by atoms with E-state index in [-0.39, 0.29) is 22.7 Å². The summed E-state index contributed by atoms with van der Waals surface area (Å²) in [6.45, 7) is 8.85. The Balaban J connectivity index is 2.36. The molecule has 0 aliphatic heterocycles. The van der Waals surface area contributed by atoms with Gasteiger partial charge in [0.25, 0.3) is 0 Å². The maximum absolute atomic E-state index is 13.4. The molecule has 0 heterocycles. The largest absolute Gasteiger partial charge is 0.496 e. The van der Waals surface area contributed by atoms with Gasteiger partial charge in [0, 0.05) is 11.6 Å². The first kappa shape index (κ1) is 13.3. The fourth-order valence-electron chi connectivity index (χ4n) is 3.29. The Morgan fingerprint density at radius 3 is 2.22 bits per heavy atom. The Hall–Kier alpha value is -1.09. The van der Waals surface area contributed by atoms with Crippen molar-refractivity contribution in [3.8, 4) is 5.75 Å². The molecular formula is C15H22FNO. The molecule has 2 N–H and O–H groups in total. The molecule has 18 heavy (non-hydrogen) atoms. The number of rotatable bonds is 3. The summed E-state index contributed by atoms with van der Waals surface area (Å²) in [6, 6.07) is 4.35. The van der Waals surface area contributed by atoms with Crippen molar-refractivity contribution in [2.24, 2.45) is 22.5 Å². The number of ether oxygens (including phenoxy) is 1. The molecule has 0 saturated heterocycles. The van der Waals surface area contributed by atoms with Gasteiger partial charge in [-0.05, 0) is 34.9 Å². The van der Waals surface area contributed by atoms with Crippen molar-refractivity contribution in [2.45, 2.75) is 33.7 Å². The van der Waals surface area contributed by atoms with Gasteiger partial charge in [-0.15, -0.1) is 0 Å². The highest BCUT2D eigenvalue weighted by Gasteiger charge is 2.66. The number of nitrogens with two attached hydrogens (primary N) is 1. The molecule has 1 saturated carbocycles. The smallest absolute Gasteiger partial charge is 0.123 e. The zero-order valence-corrected chi connectivity index (χ0v) is 11.8. The van der Waals surface area contributed by atoms with Gasteiger partial charge in [-0.3, -0.25) is 0 Å². The lowest BCUT2D eigenvalue weighted by Gasteiger charge is -2.17. The summed E-state index contributed by atoms with van der Waals surface area (Å²) in [7, 11) is 1.59. The maximum Gasteiger partial charge on any atom is 0.123 e. The van der Waals surface area contributed by atoms with E-state index in [0.717, 1.165) is 5.56 Å². The zero-order valence-electron chi connectivity index (χ0n) is 11.8. The molecule has 1 aromatic carbocycles. The SMILES string of the molecule is COc1ccc(F)cc1C(N)C1C(C)(C)C1(C)C. The first-order valence-corrected chi connectivity index (χ1v) is 6.32. The van der Waals surface area contributed by atoms with E-state index >= 15 is 0 Å². The average molecular weight is 251 g/mol. The fourth-order valence-corrected chi connectivity index (χ4v) is 3.29.